The summed E-state index contributed by atoms with van der Waals surface area (Å²) in [5, 5.41) is 3.04. The molecule has 1 aliphatic rings. The Balaban J connectivity index is 1.43. The molecular weight excluding hydrogens is 352 g/mol. The summed E-state index contributed by atoms with van der Waals surface area (Å²) in [6.07, 6.45) is 2.19. The number of hydrogen-bond donors (Lipinski definition) is 1. The molecule has 3 rings (SSSR count). The molecule has 0 bridgehead atoms. The first-order valence-corrected chi connectivity index (χ1v) is 9.83. The van der Waals surface area contributed by atoms with E-state index in [4.69, 9.17) is 4.74 Å². The van der Waals surface area contributed by atoms with Gasteiger partial charge in [-0.25, -0.2) is 0 Å². The van der Waals surface area contributed by atoms with Crippen LogP contribution in [0.15, 0.2) is 48.5 Å². The fourth-order valence-electron chi connectivity index (χ4n) is 3.53. The SMILES string of the molecule is COc1cccc(CCNC(=O)C2CCN(C(=O)c3ccc(C)cc3)CC2)c1. The molecule has 0 radical (unpaired) electrons. The van der Waals surface area contributed by atoms with Crippen LogP contribution in [0.25, 0.3) is 0 Å². The van der Waals surface area contributed by atoms with Crippen molar-refractivity contribution in [1.82, 2.24) is 10.2 Å². The summed E-state index contributed by atoms with van der Waals surface area (Å²) in [5.41, 5.74) is 2.99. The first kappa shape index (κ1) is 19.9. The highest BCUT2D eigenvalue weighted by Gasteiger charge is 2.27. The van der Waals surface area contributed by atoms with Crippen molar-refractivity contribution >= 4 is 11.8 Å². The highest BCUT2D eigenvalue weighted by molar-refractivity contribution is 5.94. The van der Waals surface area contributed by atoms with Crippen LogP contribution in [0.5, 0.6) is 5.75 Å². The van der Waals surface area contributed by atoms with E-state index in [1.54, 1.807) is 7.11 Å². The van der Waals surface area contributed by atoms with Gasteiger partial charge in [-0.3, -0.25) is 9.59 Å². The third-order valence-corrected chi connectivity index (χ3v) is 5.30. The van der Waals surface area contributed by atoms with Crippen LogP contribution < -0.4 is 10.1 Å². The van der Waals surface area contributed by atoms with Crippen molar-refractivity contribution in [3.8, 4) is 5.75 Å². The molecule has 28 heavy (non-hydrogen) atoms. The summed E-state index contributed by atoms with van der Waals surface area (Å²) in [6, 6.07) is 15.5. The largest absolute Gasteiger partial charge is 0.497 e. The second-order valence-electron chi connectivity index (χ2n) is 7.33. The second kappa shape index (κ2) is 9.40. The number of piperidine rings is 1. The number of ether oxygens (including phenoxy) is 1. The minimum absolute atomic E-state index is 0.0209. The maximum atomic E-state index is 12.6. The summed E-state index contributed by atoms with van der Waals surface area (Å²) in [4.78, 5) is 26.9. The molecule has 1 fully saturated rings. The van der Waals surface area contributed by atoms with Crippen molar-refractivity contribution in [3.63, 3.8) is 0 Å². The minimum Gasteiger partial charge on any atom is -0.497 e. The van der Waals surface area contributed by atoms with Crippen LogP contribution in [0.1, 0.15) is 34.3 Å². The van der Waals surface area contributed by atoms with Gasteiger partial charge in [0.25, 0.3) is 5.91 Å². The number of methoxy groups -OCH3 is 1. The van der Waals surface area contributed by atoms with Crippen molar-refractivity contribution in [2.45, 2.75) is 26.2 Å². The van der Waals surface area contributed by atoms with Crippen LogP contribution in [0, 0.1) is 12.8 Å². The molecule has 2 amide bonds. The zero-order valence-electron chi connectivity index (χ0n) is 16.6. The number of amides is 2. The Hall–Kier alpha value is -2.82. The number of hydrogen-bond acceptors (Lipinski definition) is 3. The number of aryl methyl sites for hydroxylation is 1. The van der Waals surface area contributed by atoms with E-state index in [1.165, 1.54) is 0 Å². The number of carbonyl (C=O) groups excluding carboxylic acids is 2. The van der Waals surface area contributed by atoms with Crippen molar-refractivity contribution in [2.24, 2.45) is 5.92 Å². The summed E-state index contributed by atoms with van der Waals surface area (Å²) >= 11 is 0. The first-order valence-electron chi connectivity index (χ1n) is 9.83. The monoisotopic (exact) mass is 380 g/mol. The standard InChI is InChI=1S/C23H28N2O3/c1-17-6-8-20(9-7-17)23(27)25-14-11-19(12-15-25)22(26)24-13-10-18-4-3-5-21(16-18)28-2/h3-9,16,19H,10-15H2,1-2H3,(H,24,26). The molecule has 1 heterocycles. The minimum atomic E-state index is -0.0209. The Bertz CT molecular complexity index is 809. The normalized spacial score (nSPS) is 14.6. The van der Waals surface area contributed by atoms with Crippen LogP contribution in [-0.4, -0.2) is 43.5 Å². The average Bonchev–Trinajstić information content (AvgIpc) is 2.74. The van der Waals surface area contributed by atoms with E-state index < -0.39 is 0 Å². The third-order valence-electron chi connectivity index (χ3n) is 5.30. The summed E-state index contributed by atoms with van der Waals surface area (Å²) in [5.74, 6) is 0.948. The molecule has 0 unspecified atom stereocenters. The highest BCUT2D eigenvalue weighted by atomic mass is 16.5. The molecular formula is C23H28N2O3. The Morgan fingerprint density at radius 1 is 1.11 bits per heavy atom. The number of likely N-dealkylation sites (tertiary alicyclic amines) is 1. The average molecular weight is 380 g/mol. The quantitative estimate of drug-likeness (QED) is 0.837. The van der Waals surface area contributed by atoms with Crippen LogP contribution >= 0.6 is 0 Å². The van der Waals surface area contributed by atoms with E-state index in [0.29, 0.717) is 38.0 Å². The molecule has 0 aliphatic carbocycles. The van der Waals surface area contributed by atoms with Gasteiger partial charge in [0.1, 0.15) is 5.75 Å². The van der Waals surface area contributed by atoms with E-state index in [2.05, 4.69) is 5.32 Å². The maximum absolute atomic E-state index is 12.6. The van der Waals surface area contributed by atoms with Crippen LogP contribution in [-0.2, 0) is 11.2 Å². The maximum Gasteiger partial charge on any atom is 0.253 e. The molecule has 1 saturated heterocycles. The Morgan fingerprint density at radius 3 is 2.50 bits per heavy atom. The summed E-state index contributed by atoms with van der Waals surface area (Å²) < 4.78 is 5.22. The fourth-order valence-corrected chi connectivity index (χ4v) is 3.53. The number of nitrogens with one attached hydrogen (secondary N) is 1. The predicted molar refractivity (Wildman–Crippen MR) is 110 cm³/mol. The van der Waals surface area contributed by atoms with Crippen molar-refractivity contribution in [3.05, 3.63) is 65.2 Å². The van der Waals surface area contributed by atoms with Gasteiger partial charge in [0.05, 0.1) is 7.11 Å². The molecule has 0 atom stereocenters. The Morgan fingerprint density at radius 2 is 1.82 bits per heavy atom. The Kier molecular flexibility index (Phi) is 6.69. The van der Waals surface area contributed by atoms with Gasteiger partial charge in [-0.15, -0.1) is 0 Å². The lowest BCUT2D eigenvalue weighted by Crippen LogP contribution is -2.43. The van der Waals surface area contributed by atoms with Crippen molar-refractivity contribution in [1.29, 1.82) is 0 Å². The third kappa shape index (κ3) is 5.12. The Labute approximate surface area is 166 Å². The number of nitrogens with zero attached hydrogens (tertiary/aromatic N) is 1. The molecule has 0 aromatic heterocycles. The fraction of sp³-hybridized carbons (Fsp3) is 0.391. The van der Waals surface area contributed by atoms with E-state index in [-0.39, 0.29) is 17.7 Å². The van der Waals surface area contributed by atoms with Crippen LogP contribution in [0.2, 0.25) is 0 Å². The zero-order valence-corrected chi connectivity index (χ0v) is 16.6. The van der Waals surface area contributed by atoms with Crippen LogP contribution in [0.3, 0.4) is 0 Å². The number of benzene rings is 2. The van der Waals surface area contributed by atoms with Gasteiger partial charge in [0.15, 0.2) is 0 Å². The first-order chi connectivity index (χ1) is 13.6. The molecule has 1 aliphatic heterocycles. The number of rotatable bonds is 6. The molecule has 0 saturated carbocycles. The van der Waals surface area contributed by atoms with E-state index in [1.807, 2.05) is 60.4 Å². The molecule has 2 aromatic carbocycles. The van der Waals surface area contributed by atoms with Gasteiger partial charge < -0.3 is 15.0 Å². The summed E-state index contributed by atoms with van der Waals surface area (Å²) in [6.45, 7) is 3.86. The zero-order chi connectivity index (χ0) is 19.9. The molecule has 2 aromatic rings. The van der Waals surface area contributed by atoms with Gasteiger partial charge in [0.2, 0.25) is 5.91 Å². The van der Waals surface area contributed by atoms with Gasteiger partial charge in [-0.1, -0.05) is 29.8 Å². The lowest BCUT2D eigenvalue weighted by Gasteiger charge is -2.31. The topological polar surface area (TPSA) is 58.6 Å². The van der Waals surface area contributed by atoms with E-state index in [9.17, 15) is 9.59 Å². The molecule has 5 heteroatoms. The summed E-state index contributed by atoms with van der Waals surface area (Å²) in [7, 11) is 1.65. The molecule has 1 N–H and O–H groups in total. The highest BCUT2D eigenvalue weighted by Crippen LogP contribution is 2.20. The predicted octanol–water partition coefficient (Wildman–Crippen LogP) is 3.21. The van der Waals surface area contributed by atoms with E-state index in [0.717, 1.165) is 23.3 Å². The van der Waals surface area contributed by atoms with Crippen molar-refractivity contribution in [2.75, 3.05) is 26.7 Å². The van der Waals surface area contributed by atoms with Crippen LogP contribution in [0.4, 0.5) is 0 Å². The molecule has 148 valence electrons. The molecule has 0 spiro atoms. The lowest BCUT2D eigenvalue weighted by molar-refractivity contribution is -0.126. The van der Waals surface area contributed by atoms with Gasteiger partial charge in [0, 0.05) is 31.1 Å². The van der Waals surface area contributed by atoms with Gasteiger partial charge in [-0.2, -0.15) is 0 Å². The van der Waals surface area contributed by atoms with Crippen molar-refractivity contribution < 1.29 is 14.3 Å². The van der Waals surface area contributed by atoms with Gasteiger partial charge >= 0.3 is 0 Å². The number of carbonyl (C=O) groups is 2. The smallest absolute Gasteiger partial charge is 0.253 e. The lowest BCUT2D eigenvalue weighted by atomic mass is 9.95. The van der Waals surface area contributed by atoms with Gasteiger partial charge in [-0.05, 0) is 56.0 Å². The second-order valence-corrected chi connectivity index (χ2v) is 7.33. The van der Waals surface area contributed by atoms with E-state index >= 15 is 0 Å². The molecule has 5 nitrogen and oxygen atoms in total.